The summed E-state index contributed by atoms with van der Waals surface area (Å²) in [6, 6.07) is 16.4. The second kappa shape index (κ2) is 9.29. The average Bonchev–Trinajstić information content (AvgIpc) is 2.42. The topological polar surface area (TPSA) is 9.23 Å². The quantitative estimate of drug-likeness (QED) is 0.636. The molecule has 2 aromatic carbocycles. The molecule has 1 nitrogen and oxygen atoms in total. The third-order valence-corrected chi connectivity index (χ3v) is 3.83. The van der Waals surface area contributed by atoms with Crippen LogP contribution in [-0.2, 0) is 4.74 Å². The van der Waals surface area contributed by atoms with E-state index in [1.165, 1.54) is 11.1 Å². The van der Waals surface area contributed by atoms with Gasteiger partial charge in [-0.15, -0.1) is 0 Å². The van der Waals surface area contributed by atoms with Crippen molar-refractivity contribution in [3.05, 3.63) is 57.5 Å². The van der Waals surface area contributed by atoms with Crippen molar-refractivity contribution in [3.63, 3.8) is 0 Å². The van der Waals surface area contributed by atoms with Crippen LogP contribution in [0.1, 0.15) is 13.8 Å². The van der Waals surface area contributed by atoms with E-state index >= 15 is 0 Å². The molecule has 102 valence electrons. The molecule has 0 fully saturated rings. The Kier molecular flexibility index (Phi) is 8.03. The molecule has 0 radical (unpaired) electrons. The maximum Gasteiger partial charge on any atom is 0.0437 e. The van der Waals surface area contributed by atoms with Gasteiger partial charge in [-0.3, -0.25) is 0 Å². The van der Waals surface area contributed by atoms with Crippen LogP contribution in [-0.4, -0.2) is 13.2 Å². The number of hydrogen-bond donors (Lipinski definition) is 0. The fourth-order valence-corrected chi connectivity index (χ4v) is 2.56. The molecule has 0 unspecified atom stereocenters. The molecule has 0 saturated carbocycles. The van der Waals surface area contributed by atoms with Crippen LogP contribution in [0.3, 0.4) is 0 Å². The minimum Gasteiger partial charge on any atom is -0.382 e. The lowest BCUT2D eigenvalue weighted by molar-refractivity contribution is 0.162. The maximum atomic E-state index is 4.83. The molecule has 0 atom stereocenters. The molecule has 0 aliphatic heterocycles. The number of rotatable bonds is 3. The van der Waals surface area contributed by atoms with Crippen molar-refractivity contribution in [2.24, 2.45) is 0 Å². The Balaban J connectivity index is 0.000000312. The number of ether oxygens (including phenoxy) is 1. The third kappa shape index (κ3) is 5.47. The molecule has 3 heteroatoms. The van der Waals surface area contributed by atoms with Crippen LogP contribution >= 0.6 is 31.9 Å². The highest BCUT2D eigenvalue weighted by atomic mass is 79.9. The van der Waals surface area contributed by atoms with E-state index < -0.39 is 0 Å². The van der Waals surface area contributed by atoms with Crippen molar-refractivity contribution in [2.75, 3.05) is 13.2 Å². The summed E-state index contributed by atoms with van der Waals surface area (Å²) in [4.78, 5) is 0. The molecule has 0 bridgehead atoms. The van der Waals surface area contributed by atoms with Crippen LogP contribution in [0.25, 0.3) is 11.1 Å². The second-order valence-corrected chi connectivity index (χ2v) is 5.45. The molecule has 0 saturated heterocycles. The zero-order valence-corrected chi connectivity index (χ0v) is 14.4. The molecule has 0 heterocycles. The first-order chi connectivity index (χ1) is 9.20. The predicted molar refractivity (Wildman–Crippen MR) is 89.4 cm³/mol. The van der Waals surface area contributed by atoms with E-state index in [1.54, 1.807) is 0 Å². The number of benzene rings is 2. The van der Waals surface area contributed by atoms with Crippen LogP contribution in [0.4, 0.5) is 0 Å². The lowest BCUT2D eigenvalue weighted by Gasteiger charge is -2.06. The standard InChI is InChI=1S/C12H8Br2.C4H10O/c13-11-7-3-1-5-9(11)10-6-2-4-8-12(10)14;1-3-5-4-2/h1-8H;3-4H2,1-2H3. The summed E-state index contributed by atoms with van der Waals surface area (Å²) in [5, 5.41) is 0. The van der Waals surface area contributed by atoms with Gasteiger partial charge in [-0.2, -0.15) is 0 Å². The van der Waals surface area contributed by atoms with Crippen LogP contribution in [0.2, 0.25) is 0 Å². The maximum absolute atomic E-state index is 4.83. The van der Waals surface area contributed by atoms with E-state index in [2.05, 4.69) is 56.1 Å². The second-order valence-electron chi connectivity index (χ2n) is 3.74. The highest BCUT2D eigenvalue weighted by molar-refractivity contribution is 9.11. The Morgan fingerprint density at radius 1 is 0.737 bits per heavy atom. The molecule has 0 aromatic heterocycles. The molecule has 19 heavy (non-hydrogen) atoms. The van der Waals surface area contributed by atoms with Gasteiger partial charge < -0.3 is 4.74 Å². The van der Waals surface area contributed by atoms with E-state index in [9.17, 15) is 0 Å². The van der Waals surface area contributed by atoms with Gasteiger partial charge in [0.15, 0.2) is 0 Å². The molecule has 0 aliphatic rings. The Bertz CT molecular complexity index is 452. The van der Waals surface area contributed by atoms with Crippen LogP contribution in [0, 0.1) is 0 Å². The third-order valence-electron chi connectivity index (χ3n) is 2.45. The molecule has 0 amide bonds. The first-order valence-electron chi connectivity index (χ1n) is 6.27. The zero-order chi connectivity index (χ0) is 14.1. The highest BCUT2D eigenvalue weighted by Gasteiger charge is 2.04. The minimum atomic E-state index is 0.844. The van der Waals surface area contributed by atoms with Gasteiger partial charge in [0.2, 0.25) is 0 Å². The Labute approximate surface area is 132 Å². The highest BCUT2D eigenvalue weighted by Crippen LogP contribution is 2.32. The van der Waals surface area contributed by atoms with Gasteiger partial charge >= 0.3 is 0 Å². The summed E-state index contributed by atoms with van der Waals surface area (Å²) in [6.07, 6.45) is 0. The van der Waals surface area contributed by atoms with Crippen molar-refractivity contribution in [2.45, 2.75) is 13.8 Å². The summed E-state index contributed by atoms with van der Waals surface area (Å²) in [6.45, 7) is 5.67. The fraction of sp³-hybridized carbons (Fsp3) is 0.250. The summed E-state index contributed by atoms with van der Waals surface area (Å²) in [7, 11) is 0. The predicted octanol–water partition coefficient (Wildman–Crippen LogP) is 5.92. The number of hydrogen-bond acceptors (Lipinski definition) is 1. The SMILES string of the molecule is Brc1ccccc1-c1ccccc1Br.CCOCC. The fourth-order valence-electron chi connectivity index (χ4n) is 1.56. The largest absolute Gasteiger partial charge is 0.382 e. The summed E-state index contributed by atoms with van der Waals surface area (Å²) >= 11 is 7.09. The van der Waals surface area contributed by atoms with Gasteiger partial charge in [-0.25, -0.2) is 0 Å². The molecule has 0 N–H and O–H groups in total. The normalized spacial score (nSPS) is 9.68. The Morgan fingerprint density at radius 2 is 1.11 bits per heavy atom. The van der Waals surface area contributed by atoms with Crippen molar-refractivity contribution in [1.82, 2.24) is 0 Å². The van der Waals surface area contributed by atoms with Gasteiger partial charge in [0.05, 0.1) is 0 Å². The van der Waals surface area contributed by atoms with Crippen LogP contribution < -0.4 is 0 Å². The van der Waals surface area contributed by atoms with Gasteiger partial charge in [-0.05, 0) is 37.1 Å². The zero-order valence-electron chi connectivity index (χ0n) is 11.2. The number of halogens is 2. The van der Waals surface area contributed by atoms with E-state index in [0.29, 0.717) is 0 Å². The monoisotopic (exact) mass is 384 g/mol. The molecule has 0 spiro atoms. The lowest BCUT2D eigenvalue weighted by atomic mass is 10.1. The molecule has 0 aliphatic carbocycles. The lowest BCUT2D eigenvalue weighted by Crippen LogP contribution is -1.84. The van der Waals surface area contributed by atoms with E-state index in [1.807, 2.05) is 38.1 Å². The molecule has 2 aromatic rings. The van der Waals surface area contributed by atoms with E-state index in [0.717, 1.165) is 22.2 Å². The smallest absolute Gasteiger partial charge is 0.0437 e. The summed E-state index contributed by atoms with van der Waals surface area (Å²) in [5.41, 5.74) is 2.42. The van der Waals surface area contributed by atoms with E-state index in [-0.39, 0.29) is 0 Å². The van der Waals surface area contributed by atoms with Crippen LogP contribution in [0.15, 0.2) is 57.5 Å². The van der Waals surface area contributed by atoms with Gasteiger partial charge in [0.25, 0.3) is 0 Å². The van der Waals surface area contributed by atoms with Crippen molar-refractivity contribution in [3.8, 4) is 11.1 Å². The van der Waals surface area contributed by atoms with Gasteiger partial charge in [0.1, 0.15) is 0 Å². The first kappa shape index (κ1) is 16.4. The average molecular weight is 386 g/mol. The Hall–Kier alpha value is -0.640. The van der Waals surface area contributed by atoms with Crippen LogP contribution in [0.5, 0.6) is 0 Å². The molecule has 2 rings (SSSR count). The van der Waals surface area contributed by atoms with Crippen molar-refractivity contribution in [1.29, 1.82) is 0 Å². The van der Waals surface area contributed by atoms with Crippen molar-refractivity contribution >= 4 is 31.9 Å². The summed E-state index contributed by atoms with van der Waals surface area (Å²) in [5.74, 6) is 0. The molecular weight excluding hydrogens is 368 g/mol. The van der Waals surface area contributed by atoms with E-state index in [4.69, 9.17) is 4.74 Å². The van der Waals surface area contributed by atoms with Crippen molar-refractivity contribution < 1.29 is 4.74 Å². The molecular formula is C16H18Br2O. The first-order valence-corrected chi connectivity index (χ1v) is 7.86. The van der Waals surface area contributed by atoms with Gasteiger partial charge in [0, 0.05) is 22.2 Å². The van der Waals surface area contributed by atoms with Gasteiger partial charge in [-0.1, -0.05) is 68.3 Å². The minimum absolute atomic E-state index is 0.844. The Morgan fingerprint density at radius 3 is 1.37 bits per heavy atom. The summed E-state index contributed by atoms with van der Waals surface area (Å²) < 4.78 is 7.07.